The van der Waals surface area contributed by atoms with Crippen molar-refractivity contribution in [2.75, 3.05) is 0 Å². The van der Waals surface area contributed by atoms with Crippen LogP contribution in [0.3, 0.4) is 0 Å². The molecule has 1 heterocycles. The van der Waals surface area contributed by atoms with Crippen molar-refractivity contribution in [3.63, 3.8) is 0 Å². The Morgan fingerprint density at radius 3 is 1.60 bits per heavy atom. The van der Waals surface area contributed by atoms with Gasteiger partial charge in [0, 0.05) is 6.20 Å². The molecular weight excluding hydrogens is 364 g/mol. The predicted octanol–water partition coefficient (Wildman–Crippen LogP) is 6.42. The van der Waals surface area contributed by atoms with Gasteiger partial charge in [0.25, 0.3) is 0 Å². The van der Waals surface area contributed by atoms with E-state index in [0.717, 1.165) is 5.69 Å². The lowest BCUT2D eigenvalue weighted by molar-refractivity contribution is 0.794. The molecule has 0 amide bonds. The van der Waals surface area contributed by atoms with E-state index < -0.39 is 0 Å². The fraction of sp³-hybridized carbons (Fsp3) is 0.0357. The lowest BCUT2D eigenvalue weighted by Crippen LogP contribution is -2.25. The molecule has 1 aromatic heterocycles. The van der Waals surface area contributed by atoms with Crippen molar-refractivity contribution >= 4 is 0 Å². The zero-order valence-electron chi connectivity index (χ0n) is 16.3. The molecule has 2 aliphatic carbocycles. The minimum atomic E-state index is -0.283. The quantitative estimate of drug-likeness (QED) is 0.349. The minimum Gasteiger partial charge on any atom is -0.278 e. The molecule has 1 spiro atoms. The topological polar surface area (TPSA) is 28.7 Å². The second kappa shape index (κ2) is 5.58. The monoisotopic (exact) mass is 382 g/mol. The first kappa shape index (κ1) is 15.9. The maximum Gasteiger partial charge on any atom is 0.0725 e. The first-order valence-electron chi connectivity index (χ1n) is 10.3. The Morgan fingerprint density at radius 1 is 0.533 bits per heavy atom. The van der Waals surface area contributed by atoms with Gasteiger partial charge in [0.1, 0.15) is 0 Å². The number of aromatic amines is 1. The lowest BCUT2D eigenvalue weighted by atomic mass is 9.70. The summed E-state index contributed by atoms with van der Waals surface area (Å²) in [6.45, 7) is 0. The molecule has 2 heteroatoms. The van der Waals surface area contributed by atoms with Gasteiger partial charge in [0.15, 0.2) is 0 Å². The van der Waals surface area contributed by atoms with Gasteiger partial charge in [-0.2, -0.15) is 5.10 Å². The number of nitrogens with zero attached hydrogens (tertiary/aromatic N) is 1. The Morgan fingerprint density at radius 2 is 1.07 bits per heavy atom. The van der Waals surface area contributed by atoms with Gasteiger partial charge < -0.3 is 0 Å². The van der Waals surface area contributed by atoms with Crippen LogP contribution in [0, 0.1) is 0 Å². The van der Waals surface area contributed by atoms with Gasteiger partial charge in [-0.25, -0.2) is 0 Å². The molecule has 2 nitrogen and oxygen atoms in total. The molecule has 0 saturated heterocycles. The Kier molecular flexibility index (Phi) is 2.97. The molecular formula is C28H18N2. The standard InChI is InChI=1S/C28H18N2/c1-4-10-23-19(7-1)20-8-2-5-11-24(20)28(23)25-12-6-3-9-21(25)22-14-13-18(17-26(22)28)27-15-16-29-30-27/h1-17H,(H,29,30). The average Bonchev–Trinajstić information content (AvgIpc) is 3.51. The molecule has 4 aromatic carbocycles. The largest absolute Gasteiger partial charge is 0.278 e. The molecule has 0 fully saturated rings. The van der Waals surface area contributed by atoms with Crippen LogP contribution in [-0.2, 0) is 5.41 Å². The van der Waals surface area contributed by atoms with Crippen LogP contribution in [0.2, 0.25) is 0 Å². The number of hydrogen-bond acceptors (Lipinski definition) is 1. The second-order valence-corrected chi connectivity index (χ2v) is 8.12. The van der Waals surface area contributed by atoms with Gasteiger partial charge >= 0.3 is 0 Å². The van der Waals surface area contributed by atoms with Crippen LogP contribution in [0.1, 0.15) is 22.3 Å². The number of rotatable bonds is 1. The van der Waals surface area contributed by atoms with E-state index in [4.69, 9.17) is 0 Å². The van der Waals surface area contributed by atoms with Crippen molar-refractivity contribution in [1.82, 2.24) is 10.2 Å². The summed E-state index contributed by atoms with van der Waals surface area (Å²) >= 11 is 0. The van der Waals surface area contributed by atoms with Gasteiger partial charge in [-0.3, -0.25) is 5.10 Å². The summed E-state index contributed by atoms with van der Waals surface area (Å²) in [6, 6.07) is 35.6. The summed E-state index contributed by atoms with van der Waals surface area (Å²) < 4.78 is 0. The highest BCUT2D eigenvalue weighted by molar-refractivity contribution is 5.95. The lowest BCUT2D eigenvalue weighted by Gasteiger charge is -2.30. The number of benzene rings is 4. The summed E-state index contributed by atoms with van der Waals surface area (Å²) in [5.41, 5.74) is 12.7. The van der Waals surface area contributed by atoms with Crippen molar-refractivity contribution < 1.29 is 0 Å². The fourth-order valence-corrected chi connectivity index (χ4v) is 5.68. The molecule has 5 aromatic rings. The van der Waals surface area contributed by atoms with Crippen molar-refractivity contribution in [3.8, 4) is 33.5 Å². The van der Waals surface area contributed by atoms with E-state index in [2.05, 4.69) is 101 Å². The first-order valence-corrected chi connectivity index (χ1v) is 10.3. The fourth-order valence-electron chi connectivity index (χ4n) is 5.68. The number of nitrogens with one attached hydrogen (secondary N) is 1. The summed E-state index contributed by atoms with van der Waals surface area (Å²) in [7, 11) is 0. The number of H-pyrrole nitrogens is 1. The highest BCUT2D eigenvalue weighted by Crippen LogP contribution is 2.62. The van der Waals surface area contributed by atoms with Crippen LogP contribution < -0.4 is 0 Å². The normalized spacial score (nSPS) is 14.3. The van der Waals surface area contributed by atoms with Crippen LogP contribution in [0.25, 0.3) is 33.5 Å². The van der Waals surface area contributed by atoms with E-state index in [-0.39, 0.29) is 5.41 Å². The van der Waals surface area contributed by atoms with E-state index in [0.29, 0.717) is 0 Å². The molecule has 0 saturated carbocycles. The van der Waals surface area contributed by atoms with E-state index in [1.54, 1.807) is 0 Å². The maximum absolute atomic E-state index is 4.17. The first-order chi connectivity index (χ1) is 14.9. The highest BCUT2D eigenvalue weighted by atomic mass is 15.1. The molecule has 1 N–H and O–H groups in total. The Hall–Kier alpha value is -3.91. The zero-order valence-corrected chi connectivity index (χ0v) is 16.3. The number of aromatic nitrogens is 2. The third-order valence-corrected chi connectivity index (χ3v) is 6.81. The summed E-state index contributed by atoms with van der Waals surface area (Å²) in [4.78, 5) is 0. The van der Waals surface area contributed by atoms with E-state index in [1.807, 2.05) is 12.3 Å². The Labute approximate surface area is 174 Å². The van der Waals surface area contributed by atoms with E-state index >= 15 is 0 Å². The molecule has 140 valence electrons. The third-order valence-electron chi connectivity index (χ3n) is 6.81. The van der Waals surface area contributed by atoms with E-state index in [1.165, 1.54) is 50.1 Å². The van der Waals surface area contributed by atoms with Crippen LogP contribution in [-0.4, -0.2) is 10.2 Å². The molecule has 7 rings (SSSR count). The van der Waals surface area contributed by atoms with Gasteiger partial charge in [0.2, 0.25) is 0 Å². The van der Waals surface area contributed by atoms with Gasteiger partial charge in [-0.15, -0.1) is 0 Å². The predicted molar refractivity (Wildman–Crippen MR) is 120 cm³/mol. The highest BCUT2D eigenvalue weighted by Gasteiger charge is 2.51. The van der Waals surface area contributed by atoms with Crippen molar-refractivity contribution in [1.29, 1.82) is 0 Å². The van der Waals surface area contributed by atoms with Gasteiger partial charge in [-0.1, -0.05) is 84.9 Å². The van der Waals surface area contributed by atoms with Gasteiger partial charge in [0.05, 0.1) is 11.1 Å². The summed E-state index contributed by atoms with van der Waals surface area (Å²) in [5, 5.41) is 7.30. The Balaban J connectivity index is 1.67. The molecule has 0 bridgehead atoms. The molecule has 0 aliphatic heterocycles. The van der Waals surface area contributed by atoms with Crippen LogP contribution >= 0.6 is 0 Å². The minimum absolute atomic E-state index is 0.283. The Bertz CT molecular complexity index is 1380. The summed E-state index contributed by atoms with van der Waals surface area (Å²) in [6.07, 6.45) is 1.81. The van der Waals surface area contributed by atoms with Crippen LogP contribution in [0.5, 0.6) is 0 Å². The van der Waals surface area contributed by atoms with Gasteiger partial charge in [-0.05, 0) is 62.2 Å². The smallest absolute Gasteiger partial charge is 0.0725 e. The van der Waals surface area contributed by atoms with E-state index in [9.17, 15) is 0 Å². The molecule has 0 radical (unpaired) electrons. The number of hydrogen-bond donors (Lipinski definition) is 1. The molecule has 0 unspecified atom stereocenters. The van der Waals surface area contributed by atoms with Crippen molar-refractivity contribution in [2.24, 2.45) is 0 Å². The zero-order chi connectivity index (χ0) is 19.7. The van der Waals surface area contributed by atoms with Crippen LogP contribution in [0.15, 0.2) is 103 Å². The molecule has 2 aliphatic rings. The second-order valence-electron chi connectivity index (χ2n) is 8.12. The maximum atomic E-state index is 4.17. The average molecular weight is 382 g/mol. The van der Waals surface area contributed by atoms with Crippen LogP contribution in [0.4, 0.5) is 0 Å². The summed E-state index contributed by atoms with van der Waals surface area (Å²) in [5.74, 6) is 0. The molecule has 30 heavy (non-hydrogen) atoms. The van der Waals surface area contributed by atoms with Crippen molar-refractivity contribution in [2.45, 2.75) is 5.41 Å². The number of fused-ring (bicyclic) bond motifs is 10. The molecule has 0 atom stereocenters. The SMILES string of the molecule is c1ccc2c(c1)-c1ccccc1C21c2ccccc2-c2ccc(-c3ccn[nH]3)cc21. The van der Waals surface area contributed by atoms with Crippen molar-refractivity contribution in [3.05, 3.63) is 126 Å². The third kappa shape index (κ3) is 1.77.